The van der Waals surface area contributed by atoms with Crippen LogP contribution in [0, 0.1) is 0 Å². The van der Waals surface area contributed by atoms with Gasteiger partial charge >= 0.3 is 0 Å². The molecule has 0 bridgehead atoms. The van der Waals surface area contributed by atoms with Crippen molar-refractivity contribution < 1.29 is 8.83 Å². The minimum Gasteiger partial charge on any atom is -0.456 e. The first kappa shape index (κ1) is 38.8. The number of hydrogen-bond acceptors (Lipinski definition) is 3. The highest BCUT2D eigenvalue weighted by Crippen LogP contribution is 2.59. The lowest BCUT2D eigenvalue weighted by Crippen LogP contribution is -2.27. The van der Waals surface area contributed by atoms with Gasteiger partial charge in [0.2, 0.25) is 0 Å². The Balaban J connectivity index is 1.08. The third-order valence-electron chi connectivity index (χ3n) is 15.4. The van der Waals surface area contributed by atoms with Gasteiger partial charge in [-0.15, -0.1) is 0 Å². The Morgan fingerprint density at radius 2 is 1.03 bits per heavy atom. The maximum absolute atomic E-state index is 6.89. The number of furan rings is 2. The zero-order valence-corrected chi connectivity index (χ0v) is 37.9. The van der Waals surface area contributed by atoms with Gasteiger partial charge in [-0.25, -0.2) is 0 Å². The normalized spacial score (nSPS) is 17.4. The SMILES string of the molecule is C=C1/C=C\C=C/CC2(c3ccc(N(c4ccc5c(c4)C(C)(C)c4ccccc4-5)c4cccc5c4oc4ccccc45)cc3-c3ccccc31)c1ccccc1-c1cc3oc4ccccc4c3cc12. The van der Waals surface area contributed by atoms with Crippen LogP contribution in [0.15, 0.2) is 228 Å². The molecule has 0 amide bonds. The van der Waals surface area contributed by atoms with E-state index in [9.17, 15) is 0 Å². The highest BCUT2D eigenvalue weighted by Gasteiger charge is 2.46. The van der Waals surface area contributed by atoms with Crippen LogP contribution in [-0.2, 0) is 10.8 Å². The van der Waals surface area contributed by atoms with Crippen LogP contribution in [0.25, 0.3) is 82.8 Å². The van der Waals surface area contributed by atoms with Gasteiger partial charge in [-0.2, -0.15) is 0 Å². The molecule has 11 aromatic rings. The van der Waals surface area contributed by atoms with E-state index in [0.717, 1.165) is 89.6 Å². The predicted molar refractivity (Wildman–Crippen MR) is 282 cm³/mol. The highest BCUT2D eigenvalue weighted by atomic mass is 16.3. The third kappa shape index (κ3) is 5.36. The fourth-order valence-electron chi connectivity index (χ4n) is 12.2. The fraction of sp³-hybridized carbons (Fsp3) is 0.0769. The van der Waals surface area contributed by atoms with Gasteiger partial charge in [0.05, 0.1) is 11.1 Å². The first-order valence-corrected chi connectivity index (χ1v) is 23.7. The molecule has 1 unspecified atom stereocenters. The summed E-state index contributed by atoms with van der Waals surface area (Å²) in [6, 6.07) is 69.0. The molecule has 14 rings (SSSR count). The van der Waals surface area contributed by atoms with Crippen LogP contribution in [0.3, 0.4) is 0 Å². The summed E-state index contributed by atoms with van der Waals surface area (Å²) in [6.07, 6.45) is 9.58. The van der Waals surface area contributed by atoms with Gasteiger partial charge in [-0.05, 0) is 133 Å². The number of anilines is 3. The van der Waals surface area contributed by atoms with E-state index in [1.807, 2.05) is 0 Å². The van der Waals surface area contributed by atoms with Crippen molar-refractivity contribution in [2.45, 2.75) is 31.1 Å². The van der Waals surface area contributed by atoms with E-state index in [-0.39, 0.29) is 5.41 Å². The summed E-state index contributed by atoms with van der Waals surface area (Å²) in [5, 5.41) is 4.44. The first-order chi connectivity index (χ1) is 33.4. The molecule has 3 heteroatoms. The van der Waals surface area contributed by atoms with Crippen molar-refractivity contribution in [1.29, 1.82) is 0 Å². The zero-order chi connectivity index (χ0) is 45.3. The molecule has 1 atom stereocenters. The average molecular weight is 872 g/mol. The molecule has 3 aliphatic carbocycles. The number of para-hydroxylation sites is 3. The largest absolute Gasteiger partial charge is 0.456 e. The standard InChI is InChI=1S/C65H45NO2/c1-40-18-5-4-16-35-65(55-27-13-9-22-46(55)52-39-62-53(38-58(52)65)49-24-11-14-29-60(49)67-62)56-34-32-41(36-51(56)44-20-7-6-19-43(40)44)66(59-28-17-25-50-48-23-10-15-30-61(48)68-63(50)59)42-31-33-47-45-21-8-12-26-54(45)64(2,3)57(47)37-42/h4-34,36-39H,1,35H2,2-3H3/b16-4-,18-5-. The molecule has 0 saturated carbocycles. The van der Waals surface area contributed by atoms with Crippen molar-refractivity contribution in [3.8, 4) is 33.4 Å². The van der Waals surface area contributed by atoms with Crippen molar-refractivity contribution in [2.24, 2.45) is 0 Å². The van der Waals surface area contributed by atoms with E-state index < -0.39 is 5.41 Å². The second kappa shape index (κ2) is 14.3. The topological polar surface area (TPSA) is 29.5 Å². The molecule has 9 aromatic carbocycles. The summed E-state index contributed by atoms with van der Waals surface area (Å²) in [5.74, 6) is 0. The number of rotatable bonds is 3. The van der Waals surface area contributed by atoms with Crippen LogP contribution in [0.5, 0.6) is 0 Å². The van der Waals surface area contributed by atoms with E-state index in [1.165, 1.54) is 50.1 Å². The van der Waals surface area contributed by atoms with Gasteiger partial charge in [0.15, 0.2) is 5.58 Å². The molecule has 0 fully saturated rings. The van der Waals surface area contributed by atoms with Crippen molar-refractivity contribution in [1.82, 2.24) is 0 Å². The molecule has 0 saturated heterocycles. The van der Waals surface area contributed by atoms with Crippen molar-refractivity contribution in [2.75, 3.05) is 4.90 Å². The molecule has 3 aliphatic rings. The van der Waals surface area contributed by atoms with E-state index in [1.54, 1.807) is 0 Å². The zero-order valence-electron chi connectivity index (χ0n) is 37.9. The second-order valence-electron chi connectivity index (χ2n) is 19.2. The number of allylic oxidation sites excluding steroid dienone is 5. The van der Waals surface area contributed by atoms with Crippen molar-refractivity contribution in [3.05, 3.63) is 252 Å². The third-order valence-corrected chi connectivity index (χ3v) is 15.4. The second-order valence-corrected chi connectivity index (χ2v) is 19.2. The molecule has 0 N–H and O–H groups in total. The van der Waals surface area contributed by atoms with Crippen LogP contribution in [0.4, 0.5) is 17.1 Å². The van der Waals surface area contributed by atoms with Gasteiger partial charge < -0.3 is 13.7 Å². The Morgan fingerprint density at radius 1 is 0.426 bits per heavy atom. The van der Waals surface area contributed by atoms with Crippen molar-refractivity contribution in [3.63, 3.8) is 0 Å². The lowest BCUT2D eigenvalue weighted by Gasteiger charge is -2.36. The maximum atomic E-state index is 6.89. The van der Waals surface area contributed by atoms with Crippen LogP contribution in [0.2, 0.25) is 0 Å². The number of nitrogens with zero attached hydrogens (tertiary/aromatic N) is 1. The minimum atomic E-state index is -0.567. The number of benzene rings is 9. The molecule has 3 nitrogen and oxygen atoms in total. The maximum Gasteiger partial charge on any atom is 0.159 e. The van der Waals surface area contributed by atoms with Gasteiger partial charge in [0, 0.05) is 38.3 Å². The molecular weight excluding hydrogens is 827 g/mol. The Kier molecular flexibility index (Phi) is 8.17. The molecule has 0 aliphatic heterocycles. The Morgan fingerprint density at radius 3 is 1.85 bits per heavy atom. The van der Waals surface area contributed by atoms with Crippen molar-refractivity contribution >= 4 is 66.5 Å². The predicted octanol–water partition coefficient (Wildman–Crippen LogP) is 17.8. The number of fused-ring (bicyclic) bond motifs is 18. The molecule has 322 valence electrons. The summed E-state index contributed by atoms with van der Waals surface area (Å²) in [6.45, 7) is 9.38. The summed E-state index contributed by atoms with van der Waals surface area (Å²) in [4.78, 5) is 2.43. The Bertz CT molecular complexity index is 4020. The molecule has 68 heavy (non-hydrogen) atoms. The average Bonchev–Trinajstić information content (AvgIpc) is 4.08. The Labute approximate surface area is 395 Å². The molecule has 2 heterocycles. The van der Waals surface area contributed by atoms with Crippen LogP contribution in [0.1, 0.15) is 53.6 Å². The van der Waals surface area contributed by atoms with Crippen LogP contribution < -0.4 is 4.90 Å². The molecule has 2 aromatic heterocycles. The van der Waals surface area contributed by atoms with E-state index in [2.05, 4.69) is 238 Å². The monoisotopic (exact) mass is 871 g/mol. The summed E-state index contributed by atoms with van der Waals surface area (Å²) in [5.41, 5.74) is 21.7. The van der Waals surface area contributed by atoms with Gasteiger partial charge in [0.25, 0.3) is 0 Å². The molecule has 1 spiro atoms. The van der Waals surface area contributed by atoms with Crippen LogP contribution in [-0.4, -0.2) is 0 Å². The van der Waals surface area contributed by atoms with Gasteiger partial charge in [-0.1, -0.05) is 178 Å². The molecular formula is C65H45NO2. The quantitative estimate of drug-likeness (QED) is 0.177. The summed E-state index contributed by atoms with van der Waals surface area (Å²) >= 11 is 0. The Hall–Kier alpha value is -8.40. The summed E-state index contributed by atoms with van der Waals surface area (Å²) in [7, 11) is 0. The first-order valence-electron chi connectivity index (χ1n) is 23.7. The minimum absolute atomic E-state index is 0.192. The lowest BCUT2D eigenvalue weighted by atomic mass is 9.67. The van der Waals surface area contributed by atoms with E-state index in [4.69, 9.17) is 8.83 Å². The van der Waals surface area contributed by atoms with E-state index >= 15 is 0 Å². The summed E-state index contributed by atoms with van der Waals surface area (Å²) < 4.78 is 13.5. The smallest absolute Gasteiger partial charge is 0.159 e. The number of hydrogen-bond donors (Lipinski definition) is 0. The lowest BCUT2D eigenvalue weighted by molar-refractivity contribution is 0.646. The van der Waals surface area contributed by atoms with Gasteiger partial charge in [0.1, 0.15) is 16.7 Å². The van der Waals surface area contributed by atoms with Gasteiger partial charge in [-0.3, -0.25) is 0 Å². The highest BCUT2D eigenvalue weighted by molar-refractivity contribution is 6.11. The fourth-order valence-corrected chi connectivity index (χ4v) is 12.2. The van der Waals surface area contributed by atoms with E-state index in [0.29, 0.717) is 0 Å². The van der Waals surface area contributed by atoms with Crippen LogP contribution >= 0.6 is 0 Å². The molecule has 0 radical (unpaired) electrons.